The number of nitrogens with zero attached hydrogens (tertiary/aromatic N) is 3. The number of fused-ring (bicyclic) bond motifs is 1. The fourth-order valence-corrected chi connectivity index (χ4v) is 2.27. The zero-order chi connectivity index (χ0) is 12.7. The molecule has 0 atom stereocenters. The van der Waals surface area contributed by atoms with Crippen LogP contribution in [0.3, 0.4) is 0 Å². The number of aryl methyl sites for hydroxylation is 1. The van der Waals surface area contributed by atoms with Gasteiger partial charge in [0.15, 0.2) is 0 Å². The number of hydrogen-bond donors (Lipinski definition) is 0. The molecule has 0 amide bonds. The standard InChI is InChI=1S/C13H9BrFN3/c1-18-12-6-10(15)9(14)5-11(12)17-13(18)8-3-2-4-16-7-8/h2-7H,1H3. The highest BCUT2D eigenvalue weighted by Crippen LogP contribution is 2.27. The number of aromatic nitrogens is 3. The van der Waals surface area contributed by atoms with E-state index in [1.54, 1.807) is 18.5 Å². The number of rotatable bonds is 1. The smallest absolute Gasteiger partial charge is 0.142 e. The maximum atomic E-state index is 13.5. The first-order chi connectivity index (χ1) is 8.66. The number of imidazole rings is 1. The third-order valence-electron chi connectivity index (χ3n) is 2.84. The van der Waals surface area contributed by atoms with Crippen molar-refractivity contribution < 1.29 is 4.39 Å². The second kappa shape index (κ2) is 4.17. The minimum Gasteiger partial charge on any atom is -0.327 e. The highest BCUT2D eigenvalue weighted by atomic mass is 79.9. The summed E-state index contributed by atoms with van der Waals surface area (Å²) in [4.78, 5) is 8.58. The zero-order valence-corrected chi connectivity index (χ0v) is 11.1. The molecule has 1 aromatic carbocycles. The summed E-state index contributed by atoms with van der Waals surface area (Å²) in [5, 5.41) is 0. The molecule has 0 saturated carbocycles. The molecular weight excluding hydrogens is 297 g/mol. The lowest BCUT2D eigenvalue weighted by Gasteiger charge is -2.01. The average Bonchev–Trinajstić information content (AvgIpc) is 2.69. The van der Waals surface area contributed by atoms with E-state index in [4.69, 9.17) is 0 Å². The summed E-state index contributed by atoms with van der Waals surface area (Å²) in [5.74, 6) is 0.485. The van der Waals surface area contributed by atoms with Gasteiger partial charge in [-0.3, -0.25) is 4.98 Å². The fraction of sp³-hybridized carbons (Fsp3) is 0.0769. The van der Waals surface area contributed by atoms with Crippen molar-refractivity contribution in [2.75, 3.05) is 0 Å². The molecule has 0 N–H and O–H groups in total. The average molecular weight is 306 g/mol. The molecule has 2 heterocycles. The van der Waals surface area contributed by atoms with E-state index < -0.39 is 0 Å². The maximum absolute atomic E-state index is 13.5. The van der Waals surface area contributed by atoms with Gasteiger partial charge in [0.1, 0.15) is 11.6 Å². The Labute approximate surface area is 111 Å². The highest BCUT2D eigenvalue weighted by molar-refractivity contribution is 9.10. The van der Waals surface area contributed by atoms with Gasteiger partial charge >= 0.3 is 0 Å². The van der Waals surface area contributed by atoms with Crippen molar-refractivity contribution in [3.05, 3.63) is 46.9 Å². The van der Waals surface area contributed by atoms with E-state index in [9.17, 15) is 4.39 Å². The molecule has 18 heavy (non-hydrogen) atoms. The number of halogens is 2. The second-order valence-electron chi connectivity index (χ2n) is 3.99. The molecule has 0 aliphatic carbocycles. The first-order valence-electron chi connectivity index (χ1n) is 5.38. The maximum Gasteiger partial charge on any atom is 0.142 e. The monoisotopic (exact) mass is 305 g/mol. The van der Waals surface area contributed by atoms with Gasteiger partial charge in [-0.25, -0.2) is 9.37 Å². The van der Waals surface area contributed by atoms with Crippen LogP contribution in [0.25, 0.3) is 22.4 Å². The predicted octanol–water partition coefficient (Wildman–Crippen LogP) is 3.54. The van der Waals surface area contributed by atoms with Crippen LogP contribution in [0.15, 0.2) is 41.1 Å². The summed E-state index contributed by atoms with van der Waals surface area (Å²) >= 11 is 3.17. The molecule has 0 unspecified atom stereocenters. The van der Waals surface area contributed by atoms with Crippen LogP contribution in [0.1, 0.15) is 0 Å². The molecule has 0 saturated heterocycles. The number of benzene rings is 1. The van der Waals surface area contributed by atoms with Gasteiger partial charge in [-0.05, 0) is 34.1 Å². The molecule has 90 valence electrons. The Morgan fingerprint density at radius 2 is 2.17 bits per heavy atom. The van der Waals surface area contributed by atoms with Gasteiger partial charge in [-0.2, -0.15) is 0 Å². The van der Waals surface area contributed by atoms with E-state index in [0.29, 0.717) is 4.47 Å². The van der Waals surface area contributed by atoms with Crippen LogP contribution in [0, 0.1) is 5.82 Å². The van der Waals surface area contributed by atoms with Crippen molar-refractivity contribution in [2.45, 2.75) is 0 Å². The lowest BCUT2D eigenvalue weighted by molar-refractivity contribution is 0.622. The largest absolute Gasteiger partial charge is 0.327 e. The summed E-state index contributed by atoms with van der Waals surface area (Å²) in [6, 6.07) is 6.95. The molecule has 0 aliphatic rings. The molecule has 0 radical (unpaired) electrons. The van der Waals surface area contributed by atoms with Gasteiger partial charge in [0, 0.05) is 31.1 Å². The van der Waals surface area contributed by atoms with Crippen molar-refractivity contribution in [2.24, 2.45) is 7.05 Å². The number of pyridine rings is 1. The molecule has 5 heteroatoms. The Morgan fingerprint density at radius 3 is 2.89 bits per heavy atom. The minimum absolute atomic E-state index is 0.289. The molecule has 2 aromatic heterocycles. The Hall–Kier alpha value is -1.75. The normalized spacial score (nSPS) is 11.1. The quantitative estimate of drug-likeness (QED) is 0.688. The van der Waals surface area contributed by atoms with E-state index in [1.165, 1.54) is 6.07 Å². The third-order valence-corrected chi connectivity index (χ3v) is 3.45. The van der Waals surface area contributed by atoms with Crippen LogP contribution in [0.2, 0.25) is 0 Å². The molecule has 0 spiro atoms. The van der Waals surface area contributed by atoms with Gasteiger partial charge in [0.05, 0.1) is 15.5 Å². The van der Waals surface area contributed by atoms with Gasteiger partial charge in [-0.15, -0.1) is 0 Å². The van der Waals surface area contributed by atoms with Gasteiger partial charge in [0.2, 0.25) is 0 Å². The van der Waals surface area contributed by atoms with Crippen LogP contribution in [-0.4, -0.2) is 14.5 Å². The predicted molar refractivity (Wildman–Crippen MR) is 71.6 cm³/mol. The molecule has 0 bridgehead atoms. The molecule has 3 nitrogen and oxygen atoms in total. The molecule has 0 aliphatic heterocycles. The molecule has 0 fully saturated rings. The molecule has 3 rings (SSSR count). The van der Waals surface area contributed by atoms with E-state index in [1.807, 2.05) is 23.7 Å². The van der Waals surface area contributed by atoms with Gasteiger partial charge in [-0.1, -0.05) is 0 Å². The first-order valence-corrected chi connectivity index (χ1v) is 6.18. The second-order valence-corrected chi connectivity index (χ2v) is 4.85. The summed E-state index contributed by atoms with van der Waals surface area (Å²) in [7, 11) is 1.87. The third kappa shape index (κ3) is 1.71. The summed E-state index contributed by atoms with van der Waals surface area (Å²) in [6.45, 7) is 0. The topological polar surface area (TPSA) is 30.7 Å². The van der Waals surface area contributed by atoms with Crippen molar-refractivity contribution >= 4 is 27.0 Å². The fourth-order valence-electron chi connectivity index (χ4n) is 1.94. The van der Waals surface area contributed by atoms with Crippen LogP contribution in [0.5, 0.6) is 0 Å². The van der Waals surface area contributed by atoms with Gasteiger partial charge < -0.3 is 4.57 Å². The Balaban J connectivity index is 2.30. The van der Waals surface area contributed by atoms with Crippen LogP contribution in [-0.2, 0) is 7.05 Å². The first kappa shape index (κ1) is 11.3. The molecule has 3 aromatic rings. The highest BCUT2D eigenvalue weighted by Gasteiger charge is 2.12. The summed E-state index contributed by atoms with van der Waals surface area (Å²) in [5.41, 5.74) is 2.42. The van der Waals surface area contributed by atoms with E-state index in [-0.39, 0.29) is 5.82 Å². The lowest BCUT2D eigenvalue weighted by Crippen LogP contribution is -1.92. The van der Waals surface area contributed by atoms with E-state index >= 15 is 0 Å². The summed E-state index contributed by atoms with van der Waals surface area (Å²) in [6.07, 6.45) is 3.45. The Bertz CT molecular complexity index is 722. The van der Waals surface area contributed by atoms with Gasteiger partial charge in [0.25, 0.3) is 0 Å². The zero-order valence-electron chi connectivity index (χ0n) is 9.56. The summed E-state index contributed by atoms with van der Waals surface area (Å²) < 4.78 is 15.8. The SMILES string of the molecule is Cn1c(-c2cccnc2)nc2cc(Br)c(F)cc21. The molecular formula is C13H9BrFN3. The lowest BCUT2D eigenvalue weighted by atomic mass is 10.3. The Morgan fingerprint density at radius 1 is 1.33 bits per heavy atom. The van der Waals surface area contributed by atoms with Crippen LogP contribution in [0.4, 0.5) is 4.39 Å². The van der Waals surface area contributed by atoms with E-state index in [2.05, 4.69) is 25.9 Å². The van der Waals surface area contributed by atoms with Crippen LogP contribution < -0.4 is 0 Å². The number of hydrogen-bond acceptors (Lipinski definition) is 2. The van der Waals surface area contributed by atoms with E-state index in [0.717, 1.165) is 22.4 Å². The van der Waals surface area contributed by atoms with Crippen LogP contribution >= 0.6 is 15.9 Å². The van der Waals surface area contributed by atoms with Crippen molar-refractivity contribution in [1.82, 2.24) is 14.5 Å². The van der Waals surface area contributed by atoms with Crippen molar-refractivity contribution in [1.29, 1.82) is 0 Å². The minimum atomic E-state index is -0.289. The Kier molecular flexibility index (Phi) is 2.63. The van der Waals surface area contributed by atoms with Crippen molar-refractivity contribution in [3.63, 3.8) is 0 Å². The van der Waals surface area contributed by atoms with Crippen molar-refractivity contribution in [3.8, 4) is 11.4 Å².